The van der Waals surface area contributed by atoms with E-state index in [2.05, 4.69) is 10.2 Å². The van der Waals surface area contributed by atoms with Crippen LogP contribution in [0.4, 0.5) is 5.13 Å². The van der Waals surface area contributed by atoms with Crippen LogP contribution in [0.3, 0.4) is 0 Å². The molecule has 1 saturated carbocycles. The van der Waals surface area contributed by atoms with Gasteiger partial charge in [-0.05, 0) is 6.42 Å². The minimum absolute atomic E-state index is 0.381. The van der Waals surface area contributed by atoms with Gasteiger partial charge in [-0.15, -0.1) is 33.4 Å². The lowest BCUT2D eigenvalue weighted by atomic mass is 10.5. The summed E-state index contributed by atoms with van der Waals surface area (Å²) >= 11 is 14.7. The summed E-state index contributed by atoms with van der Waals surface area (Å²) in [5.74, 6) is 1.27. The normalized spacial score (nSPS) is 24.6. The smallest absolute Gasteiger partial charge is 0.203 e. The van der Waals surface area contributed by atoms with E-state index in [1.807, 2.05) is 0 Å². The van der Waals surface area contributed by atoms with Gasteiger partial charge in [0, 0.05) is 11.7 Å². The van der Waals surface area contributed by atoms with Crippen molar-refractivity contribution >= 4 is 51.4 Å². The Kier molecular flexibility index (Phi) is 2.61. The van der Waals surface area contributed by atoms with Gasteiger partial charge in [0.2, 0.25) is 5.13 Å². The molecule has 1 aliphatic carbocycles. The highest BCUT2D eigenvalue weighted by molar-refractivity contribution is 8.01. The quantitative estimate of drug-likeness (QED) is 0.666. The lowest BCUT2D eigenvalue weighted by Gasteiger charge is -1.95. The van der Waals surface area contributed by atoms with Crippen molar-refractivity contribution in [3.05, 3.63) is 0 Å². The standard InChI is InChI=1S/C6H7Cl2N3S2/c7-6(8)1-3(6)2-12-5-11-10-4(9)13-5/h3H,1-2H2,(H2,9,10). The number of hydrogen-bond acceptors (Lipinski definition) is 5. The number of anilines is 1. The van der Waals surface area contributed by atoms with E-state index in [0.717, 1.165) is 16.5 Å². The second-order valence-electron chi connectivity index (χ2n) is 2.88. The third-order valence-electron chi connectivity index (χ3n) is 1.79. The number of halogens is 2. The maximum atomic E-state index is 5.87. The molecular weight excluding hydrogens is 249 g/mol. The summed E-state index contributed by atoms with van der Waals surface area (Å²) in [6.45, 7) is 0. The molecule has 0 radical (unpaired) electrons. The number of alkyl halides is 2. The fourth-order valence-electron chi connectivity index (χ4n) is 0.901. The molecule has 0 spiro atoms. The Bertz CT molecular complexity index is 315. The van der Waals surface area contributed by atoms with Gasteiger partial charge < -0.3 is 5.73 Å². The van der Waals surface area contributed by atoms with E-state index in [9.17, 15) is 0 Å². The van der Waals surface area contributed by atoms with Gasteiger partial charge in [-0.3, -0.25) is 0 Å². The fraction of sp³-hybridized carbons (Fsp3) is 0.667. The Morgan fingerprint density at radius 2 is 2.31 bits per heavy atom. The first-order valence-corrected chi connectivity index (χ1v) is 6.23. The zero-order chi connectivity index (χ0) is 9.47. The predicted octanol–water partition coefficient (Wildman–Crippen LogP) is 2.41. The highest BCUT2D eigenvalue weighted by Crippen LogP contribution is 2.54. The van der Waals surface area contributed by atoms with Gasteiger partial charge in [0.15, 0.2) is 4.34 Å². The van der Waals surface area contributed by atoms with Gasteiger partial charge in [-0.25, -0.2) is 0 Å². The van der Waals surface area contributed by atoms with Crippen molar-refractivity contribution in [3.8, 4) is 0 Å². The Balaban J connectivity index is 1.81. The Hall–Kier alpha value is 0.290. The Labute approximate surface area is 94.0 Å². The van der Waals surface area contributed by atoms with Crippen LogP contribution in [-0.2, 0) is 0 Å². The van der Waals surface area contributed by atoms with Crippen molar-refractivity contribution in [2.75, 3.05) is 11.5 Å². The van der Waals surface area contributed by atoms with Crippen molar-refractivity contribution in [1.82, 2.24) is 10.2 Å². The van der Waals surface area contributed by atoms with Crippen LogP contribution >= 0.6 is 46.3 Å². The molecule has 2 rings (SSSR count). The lowest BCUT2D eigenvalue weighted by Crippen LogP contribution is -1.92. The van der Waals surface area contributed by atoms with Gasteiger partial charge in [0.25, 0.3) is 0 Å². The lowest BCUT2D eigenvalue weighted by molar-refractivity contribution is 0.968. The van der Waals surface area contributed by atoms with Crippen LogP contribution in [0.25, 0.3) is 0 Å². The predicted molar refractivity (Wildman–Crippen MR) is 57.6 cm³/mol. The van der Waals surface area contributed by atoms with Gasteiger partial charge in [0.1, 0.15) is 4.33 Å². The molecule has 7 heteroatoms. The van der Waals surface area contributed by atoms with E-state index in [1.54, 1.807) is 11.8 Å². The van der Waals surface area contributed by atoms with E-state index in [4.69, 9.17) is 28.9 Å². The summed E-state index contributed by atoms with van der Waals surface area (Å²) in [7, 11) is 0. The number of nitrogen functional groups attached to an aromatic ring is 1. The van der Waals surface area contributed by atoms with E-state index >= 15 is 0 Å². The molecule has 1 fully saturated rings. The second-order valence-corrected chi connectivity index (χ2v) is 6.70. The average Bonchev–Trinajstić information content (AvgIpc) is 2.45. The van der Waals surface area contributed by atoms with Gasteiger partial charge in [-0.1, -0.05) is 23.1 Å². The van der Waals surface area contributed by atoms with Crippen molar-refractivity contribution < 1.29 is 0 Å². The van der Waals surface area contributed by atoms with Crippen LogP contribution in [0.2, 0.25) is 0 Å². The van der Waals surface area contributed by atoms with Crippen LogP contribution < -0.4 is 5.73 Å². The van der Waals surface area contributed by atoms with Gasteiger partial charge >= 0.3 is 0 Å². The first-order valence-electron chi connectivity index (χ1n) is 3.67. The molecule has 1 aromatic heterocycles. The summed E-state index contributed by atoms with van der Waals surface area (Å²) in [5, 5.41) is 8.10. The first kappa shape index (κ1) is 9.83. The van der Waals surface area contributed by atoms with E-state index < -0.39 is 4.33 Å². The SMILES string of the molecule is Nc1nnc(SCC2CC2(Cl)Cl)s1. The van der Waals surface area contributed by atoms with Crippen LogP contribution in [0.5, 0.6) is 0 Å². The van der Waals surface area contributed by atoms with Gasteiger partial charge in [0.05, 0.1) is 0 Å². The van der Waals surface area contributed by atoms with E-state index in [-0.39, 0.29) is 0 Å². The maximum Gasteiger partial charge on any atom is 0.203 e. The highest BCUT2D eigenvalue weighted by Gasteiger charge is 2.51. The van der Waals surface area contributed by atoms with Gasteiger partial charge in [-0.2, -0.15) is 0 Å². The molecule has 1 atom stereocenters. The minimum Gasteiger partial charge on any atom is -0.374 e. The molecule has 13 heavy (non-hydrogen) atoms. The topological polar surface area (TPSA) is 51.8 Å². The molecule has 1 unspecified atom stereocenters. The number of nitrogens with zero attached hydrogens (tertiary/aromatic N) is 2. The number of thioether (sulfide) groups is 1. The summed E-state index contributed by atoms with van der Waals surface area (Å²) in [6.07, 6.45) is 0.872. The third kappa shape index (κ3) is 2.40. The fourth-order valence-corrected chi connectivity index (χ4v) is 3.49. The number of aromatic nitrogens is 2. The molecule has 3 nitrogen and oxygen atoms in total. The maximum absolute atomic E-state index is 5.87. The molecule has 1 aliphatic rings. The monoisotopic (exact) mass is 255 g/mol. The molecule has 1 aromatic rings. The molecule has 0 amide bonds. The minimum atomic E-state index is -0.497. The zero-order valence-electron chi connectivity index (χ0n) is 6.54. The van der Waals surface area contributed by atoms with Crippen molar-refractivity contribution in [2.45, 2.75) is 15.1 Å². The van der Waals surface area contributed by atoms with Crippen molar-refractivity contribution in [1.29, 1.82) is 0 Å². The molecule has 2 N–H and O–H groups in total. The molecule has 0 bridgehead atoms. The van der Waals surface area contributed by atoms with Crippen molar-refractivity contribution in [2.24, 2.45) is 5.92 Å². The highest BCUT2D eigenvalue weighted by atomic mass is 35.5. The average molecular weight is 256 g/mol. The molecular formula is C6H7Cl2N3S2. The van der Waals surface area contributed by atoms with Crippen LogP contribution in [0.15, 0.2) is 4.34 Å². The zero-order valence-corrected chi connectivity index (χ0v) is 9.68. The van der Waals surface area contributed by atoms with Crippen LogP contribution in [0, 0.1) is 5.92 Å². The molecule has 72 valence electrons. The largest absolute Gasteiger partial charge is 0.374 e. The van der Waals surface area contributed by atoms with Crippen LogP contribution in [0.1, 0.15) is 6.42 Å². The van der Waals surface area contributed by atoms with E-state index in [1.165, 1.54) is 11.3 Å². The molecule has 1 heterocycles. The summed E-state index contributed by atoms with van der Waals surface area (Å²) < 4.78 is 0.386. The molecule has 0 aromatic carbocycles. The number of nitrogens with two attached hydrogens (primary N) is 1. The Morgan fingerprint density at radius 1 is 1.62 bits per heavy atom. The summed E-state index contributed by atoms with van der Waals surface area (Å²) in [6, 6.07) is 0. The van der Waals surface area contributed by atoms with E-state index in [0.29, 0.717) is 11.0 Å². The number of rotatable bonds is 3. The Morgan fingerprint density at radius 3 is 2.77 bits per heavy atom. The third-order valence-corrected chi connectivity index (χ3v) is 4.76. The number of hydrogen-bond donors (Lipinski definition) is 1. The summed E-state index contributed by atoms with van der Waals surface area (Å²) in [5.41, 5.74) is 5.43. The second kappa shape index (κ2) is 3.46. The van der Waals surface area contributed by atoms with Crippen molar-refractivity contribution in [3.63, 3.8) is 0 Å². The molecule has 0 aliphatic heterocycles. The first-order chi connectivity index (χ1) is 6.08. The molecule has 0 saturated heterocycles. The summed E-state index contributed by atoms with van der Waals surface area (Å²) in [4.78, 5) is 0. The van der Waals surface area contributed by atoms with Crippen LogP contribution in [-0.4, -0.2) is 20.3 Å².